The quantitative estimate of drug-likeness (QED) is 0.680. The third-order valence-electron chi connectivity index (χ3n) is 2.60. The highest BCUT2D eigenvalue weighted by Gasteiger charge is 2.23. The smallest absolute Gasteiger partial charge is 0.236 e. The molecular weight excluding hydrogens is 256 g/mol. The molecule has 2 heterocycles. The van der Waals surface area contributed by atoms with Crippen molar-refractivity contribution in [2.24, 2.45) is 0 Å². The van der Waals surface area contributed by atoms with Crippen molar-refractivity contribution in [2.45, 2.75) is 19.5 Å². The van der Waals surface area contributed by atoms with Gasteiger partial charge in [0.05, 0.1) is 12.2 Å². The summed E-state index contributed by atoms with van der Waals surface area (Å²) < 4.78 is 31.1. The van der Waals surface area contributed by atoms with Gasteiger partial charge in [0.15, 0.2) is 0 Å². The minimum Gasteiger partial charge on any atom is -0.385 e. The van der Waals surface area contributed by atoms with Crippen molar-refractivity contribution >= 4 is 10.0 Å². The Kier molecular flexibility index (Phi) is 4.10. The highest BCUT2D eigenvalue weighted by molar-refractivity contribution is 7.92. The predicted octanol–water partition coefficient (Wildman–Crippen LogP) is -0.0263. The second-order valence-electron chi connectivity index (χ2n) is 4.03. The van der Waals surface area contributed by atoms with Crippen LogP contribution >= 0.6 is 0 Å². The lowest BCUT2D eigenvalue weighted by Gasteiger charge is -2.11. The van der Waals surface area contributed by atoms with Crippen molar-refractivity contribution in [1.29, 1.82) is 0 Å². The summed E-state index contributed by atoms with van der Waals surface area (Å²) in [5.41, 5.74) is 0.652. The highest BCUT2D eigenvalue weighted by Crippen LogP contribution is 2.14. The zero-order valence-electron chi connectivity index (χ0n) is 10.2. The van der Waals surface area contributed by atoms with Gasteiger partial charge in [-0.05, 0) is 6.42 Å². The van der Waals surface area contributed by atoms with E-state index in [0.717, 1.165) is 6.42 Å². The van der Waals surface area contributed by atoms with Crippen LogP contribution in [0.25, 0.3) is 0 Å². The lowest BCUT2D eigenvalue weighted by atomic mass is 10.4. The molecule has 0 spiro atoms. The van der Waals surface area contributed by atoms with Gasteiger partial charge in [-0.25, -0.2) is 8.42 Å². The molecule has 0 amide bonds. The minimum absolute atomic E-state index is 0.264. The lowest BCUT2D eigenvalue weighted by molar-refractivity contribution is 0.188. The van der Waals surface area contributed by atoms with E-state index in [2.05, 4.69) is 10.3 Å². The van der Waals surface area contributed by atoms with Gasteiger partial charge in [-0.15, -0.1) is 5.10 Å². The Bertz CT molecular complexity index is 523. The van der Waals surface area contributed by atoms with Gasteiger partial charge in [0.1, 0.15) is 0 Å². The summed E-state index contributed by atoms with van der Waals surface area (Å²) in [6.45, 7) is 2.05. The summed E-state index contributed by atoms with van der Waals surface area (Å²) >= 11 is 0. The molecule has 1 aliphatic rings. The molecule has 8 heteroatoms. The van der Waals surface area contributed by atoms with Crippen molar-refractivity contribution in [1.82, 2.24) is 19.3 Å². The van der Waals surface area contributed by atoms with Gasteiger partial charge in [-0.3, -0.25) is 4.68 Å². The number of methoxy groups -OCH3 is 1. The van der Waals surface area contributed by atoms with Gasteiger partial charge in [-0.1, -0.05) is 11.3 Å². The van der Waals surface area contributed by atoms with Crippen LogP contribution in [-0.2, 0) is 27.8 Å². The first-order chi connectivity index (χ1) is 8.62. The Labute approximate surface area is 106 Å². The number of aryl methyl sites for hydroxylation is 1. The maximum Gasteiger partial charge on any atom is 0.236 e. The van der Waals surface area contributed by atoms with Crippen LogP contribution in [0.2, 0.25) is 0 Å². The van der Waals surface area contributed by atoms with Gasteiger partial charge in [0.2, 0.25) is 10.0 Å². The summed E-state index contributed by atoms with van der Waals surface area (Å²) in [5, 5.41) is 9.13. The lowest BCUT2D eigenvalue weighted by Crippen LogP contribution is -2.24. The molecule has 0 aliphatic carbocycles. The maximum atomic E-state index is 11.6. The Morgan fingerprint density at radius 3 is 3.00 bits per heavy atom. The van der Waals surface area contributed by atoms with Gasteiger partial charge >= 0.3 is 0 Å². The molecule has 1 aromatic rings. The van der Waals surface area contributed by atoms with E-state index in [1.165, 1.54) is 9.71 Å². The number of sulfonamides is 1. The number of ether oxygens (including phenoxy) is 1. The van der Waals surface area contributed by atoms with Crippen molar-refractivity contribution in [3.63, 3.8) is 0 Å². The number of nitrogens with zero attached hydrogens (tertiary/aromatic N) is 4. The molecule has 0 aromatic carbocycles. The van der Waals surface area contributed by atoms with E-state index >= 15 is 0 Å². The molecule has 0 unspecified atom stereocenters. The number of rotatable bonds is 6. The van der Waals surface area contributed by atoms with Crippen LogP contribution in [-0.4, -0.2) is 48.0 Å². The van der Waals surface area contributed by atoms with Crippen molar-refractivity contribution < 1.29 is 13.2 Å². The Hall–Kier alpha value is -1.25. The van der Waals surface area contributed by atoms with E-state index in [1.807, 2.05) is 0 Å². The summed E-state index contributed by atoms with van der Waals surface area (Å²) in [4.78, 5) is 0. The average molecular weight is 272 g/mol. The van der Waals surface area contributed by atoms with E-state index in [9.17, 15) is 8.42 Å². The van der Waals surface area contributed by atoms with E-state index in [4.69, 9.17) is 4.74 Å². The second kappa shape index (κ2) is 5.59. The molecular formula is C10H16N4O3S. The fourth-order valence-electron chi connectivity index (χ4n) is 1.70. The fraction of sp³-hybridized carbons (Fsp3) is 0.600. The Morgan fingerprint density at radius 2 is 2.33 bits per heavy atom. The molecule has 7 nitrogen and oxygen atoms in total. The van der Waals surface area contributed by atoms with Crippen LogP contribution in [0.5, 0.6) is 0 Å². The van der Waals surface area contributed by atoms with Crippen molar-refractivity contribution in [3.8, 4) is 0 Å². The molecule has 0 N–H and O–H groups in total. The van der Waals surface area contributed by atoms with Crippen molar-refractivity contribution in [3.05, 3.63) is 23.4 Å². The monoisotopic (exact) mass is 272 g/mol. The molecule has 0 atom stereocenters. The topological polar surface area (TPSA) is 77.3 Å². The van der Waals surface area contributed by atoms with E-state index in [-0.39, 0.29) is 6.54 Å². The summed E-state index contributed by atoms with van der Waals surface area (Å²) in [6.07, 6.45) is 4.24. The number of hydrogen-bond acceptors (Lipinski definition) is 5. The molecule has 100 valence electrons. The Morgan fingerprint density at radius 1 is 1.50 bits per heavy atom. The molecule has 18 heavy (non-hydrogen) atoms. The van der Waals surface area contributed by atoms with Crippen LogP contribution in [0.4, 0.5) is 0 Å². The predicted molar refractivity (Wildman–Crippen MR) is 65.0 cm³/mol. The van der Waals surface area contributed by atoms with Crippen LogP contribution in [0, 0.1) is 0 Å². The number of hydrogen-bond donors (Lipinski definition) is 0. The largest absolute Gasteiger partial charge is 0.385 e. The molecule has 0 fully saturated rings. The summed E-state index contributed by atoms with van der Waals surface area (Å²) in [6, 6.07) is 0. The van der Waals surface area contributed by atoms with Gasteiger partial charge in [0, 0.05) is 38.4 Å². The van der Waals surface area contributed by atoms with Crippen LogP contribution in [0.1, 0.15) is 12.1 Å². The van der Waals surface area contributed by atoms with Gasteiger partial charge in [0.25, 0.3) is 0 Å². The van der Waals surface area contributed by atoms with Crippen LogP contribution in [0.15, 0.2) is 17.7 Å². The van der Waals surface area contributed by atoms with Crippen molar-refractivity contribution in [2.75, 3.05) is 20.3 Å². The van der Waals surface area contributed by atoms with Gasteiger partial charge < -0.3 is 4.74 Å². The minimum atomic E-state index is -3.24. The first-order valence-corrected chi connectivity index (χ1v) is 7.17. The standard InChI is InChI=1S/C10H16N4O3S/c1-17-6-2-4-13-8-10(11-12-13)9-14-5-3-7-18(14,15)16/h3,7-8H,2,4-6,9H2,1H3. The van der Waals surface area contributed by atoms with E-state index < -0.39 is 10.0 Å². The molecule has 1 aromatic heterocycles. The second-order valence-corrected chi connectivity index (χ2v) is 5.85. The Balaban J connectivity index is 1.91. The fourth-order valence-corrected chi connectivity index (χ4v) is 2.81. The first kappa shape index (κ1) is 13.2. The van der Waals surface area contributed by atoms with Crippen LogP contribution in [0.3, 0.4) is 0 Å². The van der Waals surface area contributed by atoms with Crippen LogP contribution < -0.4 is 0 Å². The van der Waals surface area contributed by atoms with E-state index in [1.54, 1.807) is 24.1 Å². The molecule has 2 rings (SSSR count). The molecule has 0 saturated carbocycles. The third kappa shape index (κ3) is 3.15. The molecule has 0 saturated heterocycles. The zero-order valence-corrected chi connectivity index (χ0v) is 11.0. The normalized spacial score (nSPS) is 18.5. The number of aromatic nitrogens is 3. The summed E-state index contributed by atoms with van der Waals surface area (Å²) in [5.74, 6) is 0. The average Bonchev–Trinajstić information content (AvgIpc) is 2.88. The molecule has 0 radical (unpaired) electrons. The summed E-state index contributed by atoms with van der Waals surface area (Å²) in [7, 11) is -1.59. The van der Waals surface area contributed by atoms with E-state index in [0.29, 0.717) is 25.4 Å². The van der Waals surface area contributed by atoms with Gasteiger partial charge in [-0.2, -0.15) is 4.31 Å². The third-order valence-corrected chi connectivity index (χ3v) is 4.13. The zero-order chi connectivity index (χ0) is 13.0. The SMILES string of the molecule is COCCCn1cc(CN2CC=CS2(=O)=O)nn1. The maximum absolute atomic E-state index is 11.6. The first-order valence-electron chi connectivity index (χ1n) is 5.66. The molecule has 1 aliphatic heterocycles. The highest BCUT2D eigenvalue weighted by atomic mass is 32.2. The molecule has 0 bridgehead atoms.